The van der Waals surface area contributed by atoms with Gasteiger partial charge in [0.05, 0.1) is 21.8 Å². The van der Waals surface area contributed by atoms with Crippen LogP contribution >= 0.6 is 23.8 Å². The van der Waals surface area contributed by atoms with Gasteiger partial charge in [-0.25, -0.2) is 0 Å². The van der Waals surface area contributed by atoms with Crippen molar-refractivity contribution < 1.29 is 14.3 Å². The summed E-state index contributed by atoms with van der Waals surface area (Å²) in [7, 11) is 0. The largest absolute Gasteiger partial charge is 0.472 e. The summed E-state index contributed by atoms with van der Waals surface area (Å²) in [5.41, 5.74) is 1.81. The lowest BCUT2D eigenvalue weighted by atomic mass is 10.1. The number of ether oxygens (including phenoxy) is 2. The minimum atomic E-state index is -0.192. The molecular formula is C21H17ClN4O3S. The molecule has 0 saturated heterocycles. The number of carbonyl (C=O) groups is 1. The van der Waals surface area contributed by atoms with Gasteiger partial charge in [-0.15, -0.1) is 0 Å². The van der Waals surface area contributed by atoms with Crippen LogP contribution in [0.4, 0.5) is 5.69 Å². The minimum Gasteiger partial charge on any atom is -0.472 e. The predicted molar refractivity (Wildman–Crippen MR) is 119 cm³/mol. The number of amides is 1. The van der Waals surface area contributed by atoms with Crippen molar-refractivity contribution in [2.24, 2.45) is 0 Å². The van der Waals surface area contributed by atoms with Crippen molar-refractivity contribution in [2.75, 3.05) is 12.0 Å². The fraction of sp³-hybridized carbons (Fsp3) is 0.190. The topological polar surface area (TPSA) is 84.5 Å². The third-order valence-corrected chi connectivity index (χ3v) is 5.37. The molecule has 1 saturated carbocycles. The number of carbonyl (C=O) groups excluding carboxylic acids is 1. The lowest BCUT2D eigenvalue weighted by Crippen LogP contribution is -2.32. The summed E-state index contributed by atoms with van der Waals surface area (Å²) in [4.78, 5) is 16.5. The third kappa shape index (κ3) is 3.83. The summed E-state index contributed by atoms with van der Waals surface area (Å²) < 4.78 is 11.6. The van der Waals surface area contributed by atoms with Crippen LogP contribution in [-0.2, 0) is 0 Å². The SMILES string of the molecule is O=C1NCOc2cc3nccc(Oc4ccc(NC(=S)NC5CC5)c(Cl)c4)c3cc21. The smallest absolute Gasteiger partial charge is 0.257 e. The van der Waals surface area contributed by atoms with Gasteiger partial charge in [0.2, 0.25) is 0 Å². The van der Waals surface area contributed by atoms with Gasteiger partial charge in [-0.1, -0.05) is 11.6 Å². The van der Waals surface area contributed by atoms with E-state index < -0.39 is 0 Å². The zero-order valence-corrected chi connectivity index (χ0v) is 17.3. The average Bonchev–Trinajstić information content (AvgIpc) is 3.53. The van der Waals surface area contributed by atoms with E-state index in [-0.39, 0.29) is 12.6 Å². The molecule has 7 nitrogen and oxygen atoms in total. The van der Waals surface area contributed by atoms with Crippen LogP contribution in [0.25, 0.3) is 10.9 Å². The van der Waals surface area contributed by atoms with Crippen molar-refractivity contribution in [3.63, 3.8) is 0 Å². The Kier molecular flexibility index (Phi) is 4.80. The van der Waals surface area contributed by atoms with E-state index in [1.54, 1.807) is 36.5 Å². The number of aromatic nitrogens is 1. The monoisotopic (exact) mass is 440 g/mol. The first-order valence-corrected chi connectivity index (χ1v) is 10.2. The quantitative estimate of drug-likeness (QED) is 0.524. The molecule has 1 aliphatic heterocycles. The standard InChI is InChI=1S/C21H17ClN4O3S/c22-15-7-12(3-4-16(15)26-21(30)25-11-1-2-11)29-18-5-6-23-17-9-19-14(8-13(17)18)20(27)24-10-28-19/h3-9,11H,1-2,10H2,(H,24,27)(H2,25,26,30). The van der Waals surface area contributed by atoms with Gasteiger partial charge in [0.25, 0.3) is 5.91 Å². The molecule has 0 atom stereocenters. The van der Waals surface area contributed by atoms with Gasteiger partial charge in [-0.3, -0.25) is 9.78 Å². The molecule has 1 aromatic heterocycles. The Morgan fingerprint density at radius 2 is 2.13 bits per heavy atom. The van der Waals surface area contributed by atoms with Crippen molar-refractivity contribution in [2.45, 2.75) is 18.9 Å². The Hall–Kier alpha value is -3.10. The van der Waals surface area contributed by atoms with Gasteiger partial charge >= 0.3 is 0 Å². The van der Waals surface area contributed by atoms with E-state index in [0.29, 0.717) is 55.6 Å². The van der Waals surface area contributed by atoms with Crippen LogP contribution in [0, 0.1) is 0 Å². The molecule has 30 heavy (non-hydrogen) atoms. The molecule has 152 valence electrons. The Morgan fingerprint density at radius 3 is 2.93 bits per heavy atom. The maximum Gasteiger partial charge on any atom is 0.257 e. The number of pyridine rings is 1. The number of halogens is 1. The average molecular weight is 441 g/mol. The highest BCUT2D eigenvalue weighted by Gasteiger charge is 2.22. The lowest BCUT2D eigenvalue weighted by molar-refractivity contribution is 0.0884. The normalized spacial score (nSPS) is 15.0. The van der Waals surface area contributed by atoms with Gasteiger partial charge in [0.1, 0.15) is 17.2 Å². The van der Waals surface area contributed by atoms with Crippen LogP contribution in [0.1, 0.15) is 23.2 Å². The second-order valence-corrected chi connectivity index (χ2v) is 7.90. The molecule has 0 radical (unpaired) electrons. The van der Waals surface area contributed by atoms with Crippen molar-refractivity contribution in [3.05, 3.63) is 53.2 Å². The fourth-order valence-electron chi connectivity index (χ4n) is 3.17. The zero-order chi connectivity index (χ0) is 20.7. The highest BCUT2D eigenvalue weighted by atomic mass is 35.5. The molecule has 2 aliphatic rings. The number of hydrogen-bond acceptors (Lipinski definition) is 5. The summed E-state index contributed by atoms with van der Waals surface area (Å²) in [6.45, 7) is 0.145. The van der Waals surface area contributed by atoms with Gasteiger partial charge in [0.15, 0.2) is 11.8 Å². The lowest BCUT2D eigenvalue weighted by Gasteiger charge is -2.19. The third-order valence-electron chi connectivity index (χ3n) is 4.84. The number of hydrogen-bond donors (Lipinski definition) is 3. The van der Waals surface area contributed by atoms with Gasteiger partial charge in [0, 0.05) is 29.8 Å². The number of nitrogens with zero attached hydrogens (tertiary/aromatic N) is 1. The number of nitrogens with one attached hydrogen (secondary N) is 3. The summed E-state index contributed by atoms with van der Waals surface area (Å²) in [6.07, 6.45) is 3.92. The molecule has 0 spiro atoms. The Labute approximate surface area is 182 Å². The molecule has 2 aromatic carbocycles. The van der Waals surface area contributed by atoms with Crippen molar-refractivity contribution >= 4 is 51.4 Å². The molecule has 0 bridgehead atoms. The first-order valence-electron chi connectivity index (χ1n) is 9.45. The molecular weight excluding hydrogens is 424 g/mol. The summed E-state index contributed by atoms with van der Waals surface area (Å²) in [5, 5.41) is 10.7. The predicted octanol–water partition coefficient (Wildman–Crippen LogP) is 4.21. The number of fused-ring (bicyclic) bond motifs is 2. The van der Waals surface area contributed by atoms with Crippen molar-refractivity contribution in [1.29, 1.82) is 0 Å². The Morgan fingerprint density at radius 1 is 1.27 bits per heavy atom. The first-order chi connectivity index (χ1) is 14.6. The van der Waals surface area contributed by atoms with E-state index in [0.717, 1.165) is 12.8 Å². The van der Waals surface area contributed by atoms with Gasteiger partial charge in [-0.05, 0) is 49.3 Å². The van der Waals surface area contributed by atoms with E-state index >= 15 is 0 Å². The highest BCUT2D eigenvalue weighted by Crippen LogP contribution is 2.35. The molecule has 0 unspecified atom stereocenters. The second-order valence-electron chi connectivity index (χ2n) is 7.09. The Bertz CT molecular complexity index is 1180. The maximum atomic E-state index is 12.1. The molecule has 1 amide bonds. The summed E-state index contributed by atoms with van der Waals surface area (Å²) >= 11 is 11.7. The zero-order valence-electron chi connectivity index (χ0n) is 15.7. The van der Waals surface area contributed by atoms with Crippen LogP contribution in [0.3, 0.4) is 0 Å². The Balaban J connectivity index is 1.41. The van der Waals surface area contributed by atoms with E-state index in [2.05, 4.69) is 20.9 Å². The molecule has 3 aromatic rings. The molecule has 1 aliphatic carbocycles. The van der Waals surface area contributed by atoms with Gasteiger partial charge < -0.3 is 25.4 Å². The fourth-order valence-corrected chi connectivity index (χ4v) is 3.66. The molecule has 3 N–H and O–H groups in total. The number of anilines is 1. The number of thiocarbonyl (C=S) groups is 1. The first kappa shape index (κ1) is 18.9. The van der Waals surface area contributed by atoms with E-state index in [1.165, 1.54) is 0 Å². The van der Waals surface area contributed by atoms with Crippen LogP contribution in [-0.4, -0.2) is 28.8 Å². The van der Waals surface area contributed by atoms with Crippen LogP contribution in [0.2, 0.25) is 5.02 Å². The number of rotatable bonds is 4. The minimum absolute atomic E-state index is 0.145. The van der Waals surface area contributed by atoms with E-state index in [4.69, 9.17) is 33.3 Å². The van der Waals surface area contributed by atoms with Crippen molar-refractivity contribution in [3.8, 4) is 17.2 Å². The summed E-state index contributed by atoms with van der Waals surface area (Å²) in [5.74, 6) is 1.42. The summed E-state index contributed by atoms with van der Waals surface area (Å²) in [6, 6.07) is 11.0. The van der Waals surface area contributed by atoms with Crippen LogP contribution in [0.15, 0.2) is 42.6 Å². The second kappa shape index (κ2) is 7.62. The molecule has 2 heterocycles. The highest BCUT2D eigenvalue weighted by molar-refractivity contribution is 7.80. The van der Waals surface area contributed by atoms with E-state index in [1.807, 2.05) is 6.07 Å². The van der Waals surface area contributed by atoms with Crippen molar-refractivity contribution in [1.82, 2.24) is 15.6 Å². The molecule has 9 heteroatoms. The molecule has 5 rings (SSSR count). The molecule has 1 fully saturated rings. The van der Waals surface area contributed by atoms with Crippen LogP contribution in [0.5, 0.6) is 17.2 Å². The van der Waals surface area contributed by atoms with Gasteiger partial charge in [-0.2, -0.15) is 0 Å². The van der Waals surface area contributed by atoms with E-state index in [9.17, 15) is 4.79 Å². The maximum absolute atomic E-state index is 12.1. The number of benzene rings is 2. The van der Waals surface area contributed by atoms with Crippen LogP contribution < -0.4 is 25.4 Å².